The van der Waals surface area contributed by atoms with Crippen LogP contribution in [0.25, 0.3) is 28.1 Å². The van der Waals surface area contributed by atoms with Crippen LogP contribution in [-0.2, 0) is 11.3 Å². The Kier molecular flexibility index (Phi) is 5.97. The Morgan fingerprint density at radius 2 is 1.74 bits per heavy atom. The molecule has 0 N–H and O–H groups in total. The minimum absolute atomic E-state index is 0.278. The van der Waals surface area contributed by atoms with Gasteiger partial charge < -0.3 is 9.47 Å². The summed E-state index contributed by atoms with van der Waals surface area (Å²) < 4.78 is 13.9. The molecule has 35 heavy (non-hydrogen) atoms. The van der Waals surface area contributed by atoms with E-state index in [-0.39, 0.29) is 12.6 Å². The molecule has 0 aliphatic carbocycles. The number of ether oxygens (including phenoxy) is 2. The third kappa shape index (κ3) is 4.35. The highest BCUT2D eigenvalue weighted by atomic mass is 16.5. The highest BCUT2D eigenvalue weighted by Gasteiger charge is 2.20. The molecule has 3 aromatic heterocycles. The Bertz CT molecular complexity index is 1490. The number of benzene rings is 2. The molecule has 3 heterocycles. The van der Waals surface area contributed by atoms with Gasteiger partial charge in [-0.25, -0.2) is 14.5 Å². The molecular weight excluding hydrogens is 444 g/mol. The van der Waals surface area contributed by atoms with Gasteiger partial charge in [0.05, 0.1) is 37.7 Å². The second kappa shape index (κ2) is 9.38. The second-order valence-electron chi connectivity index (χ2n) is 7.93. The van der Waals surface area contributed by atoms with Gasteiger partial charge in [0.25, 0.3) is 5.95 Å². The highest BCUT2D eigenvalue weighted by Crippen LogP contribution is 2.27. The number of methoxy groups -OCH3 is 1. The number of esters is 1. The third-order valence-corrected chi connectivity index (χ3v) is 5.60. The molecule has 0 unspecified atom stereocenters. The Morgan fingerprint density at radius 3 is 2.46 bits per heavy atom. The van der Waals surface area contributed by atoms with Crippen LogP contribution in [-0.4, -0.2) is 49.2 Å². The second-order valence-corrected chi connectivity index (χ2v) is 7.93. The van der Waals surface area contributed by atoms with Crippen LogP contribution in [0.15, 0.2) is 67.0 Å². The van der Waals surface area contributed by atoms with Gasteiger partial charge in [0.2, 0.25) is 5.88 Å². The van der Waals surface area contributed by atoms with Gasteiger partial charge >= 0.3 is 5.97 Å². The van der Waals surface area contributed by atoms with E-state index < -0.39 is 5.97 Å². The van der Waals surface area contributed by atoms with Crippen LogP contribution >= 0.6 is 0 Å². The number of aromatic nitrogens is 6. The van der Waals surface area contributed by atoms with Crippen molar-refractivity contribution < 1.29 is 14.3 Å². The fourth-order valence-corrected chi connectivity index (χ4v) is 3.90. The summed E-state index contributed by atoms with van der Waals surface area (Å²) >= 11 is 0. The van der Waals surface area contributed by atoms with Crippen molar-refractivity contribution in [3.63, 3.8) is 0 Å². The molecule has 0 aliphatic heterocycles. The van der Waals surface area contributed by atoms with E-state index in [1.54, 1.807) is 14.0 Å². The lowest BCUT2D eigenvalue weighted by atomic mass is 10.0. The summed E-state index contributed by atoms with van der Waals surface area (Å²) in [6, 6.07) is 18.6. The first-order chi connectivity index (χ1) is 17.1. The Balaban J connectivity index is 1.47. The van der Waals surface area contributed by atoms with Crippen LogP contribution in [0.3, 0.4) is 0 Å². The molecule has 0 amide bonds. The van der Waals surface area contributed by atoms with Crippen molar-refractivity contribution in [2.75, 3.05) is 13.7 Å². The molecule has 0 atom stereocenters. The molecule has 5 aromatic rings. The molecule has 0 spiro atoms. The molecule has 0 fully saturated rings. The molecular formula is C26H24N6O3. The summed E-state index contributed by atoms with van der Waals surface area (Å²) in [4.78, 5) is 21.2. The quantitative estimate of drug-likeness (QED) is 0.330. The van der Waals surface area contributed by atoms with Crippen molar-refractivity contribution in [1.82, 2.24) is 29.5 Å². The van der Waals surface area contributed by atoms with E-state index in [0.717, 1.165) is 16.8 Å². The fourth-order valence-electron chi connectivity index (χ4n) is 3.90. The average Bonchev–Trinajstić information content (AvgIpc) is 3.50. The first kappa shape index (κ1) is 22.3. The van der Waals surface area contributed by atoms with Gasteiger partial charge in [0.1, 0.15) is 11.0 Å². The van der Waals surface area contributed by atoms with Crippen molar-refractivity contribution in [3.8, 4) is 23.0 Å². The average molecular weight is 469 g/mol. The minimum Gasteiger partial charge on any atom is -0.479 e. The maximum absolute atomic E-state index is 12.0. The van der Waals surface area contributed by atoms with E-state index in [9.17, 15) is 4.79 Å². The maximum Gasteiger partial charge on any atom is 0.341 e. The number of carbonyl (C=O) groups excluding carboxylic acids is 1. The van der Waals surface area contributed by atoms with E-state index in [1.807, 2.05) is 29.8 Å². The largest absolute Gasteiger partial charge is 0.479 e. The van der Waals surface area contributed by atoms with E-state index >= 15 is 0 Å². The standard InChI is InChI=1S/C26H24N6O3/c1-4-35-25(33)21-14-27-32(16-21)26-28-22-17(2)30-31(23(22)24(29-26)34-3)15-18-10-12-20(13-11-18)19-8-6-5-7-9-19/h5-14,16H,4,15H2,1-3H3. The number of nitrogens with zero attached hydrogens (tertiary/aromatic N) is 6. The number of hydrogen-bond donors (Lipinski definition) is 0. The van der Waals surface area contributed by atoms with Gasteiger partial charge in [-0.1, -0.05) is 54.6 Å². The summed E-state index contributed by atoms with van der Waals surface area (Å²) in [6.07, 6.45) is 2.96. The minimum atomic E-state index is -0.450. The third-order valence-electron chi connectivity index (χ3n) is 5.60. The van der Waals surface area contributed by atoms with Crippen LogP contribution in [0.1, 0.15) is 28.5 Å². The van der Waals surface area contributed by atoms with Gasteiger partial charge in [-0.2, -0.15) is 15.2 Å². The van der Waals surface area contributed by atoms with Crippen LogP contribution in [0, 0.1) is 6.92 Å². The predicted octanol–water partition coefficient (Wildman–Crippen LogP) is 4.22. The number of rotatable bonds is 7. The van der Waals surface area contributed by atoms with E-state index in [0.29, 0.717) is 29.0 Å². The van der Waals surface area contributed by atoms with Gasteiger partial charge in [-0.05, 0) is 30.5 Å². The highest BCUT2D eigenvalue weighted by molar-refractivity contribution is 5.89. The Morgan fingerprint density at radius 1 is 1.00 bits per heavy atom. The normalized spacial score (nSPS) is 11.1. The van der Waals surface area contributed by atoms with Gasteiger partial charge in [0, 0.05) is 6.20 Å². The van der Waals surface area contributed by atoms with Crippen molar-refractivity contribution in [2.24, 2.45) is 0 Å². The molecule has 0 bridgehead atoms. The molecule has 0 saturated carbocycles. The predicted molar refractivity (Wildman–Crippen MR) is 131 cm³/mol. The van der Waals surface area contributed by atoms with Crippen LogP contribution in [0.2, 0.25) is 0 Å². The fraction of sp³-hybridized carbons (Fsp3) is 0.192. The lowest BCUT2D eigenvalue weighted by Gasteiger charge is -2.09. The van der Waals surface area contributed by atoms with Gasteiger partial charge in [0.15, 0.2) is 0 Å². The molecule has 2 aromatic carbocycles. The van der Waals surface area contributed by atoms with Gasteiger partial charge in [-0.15, -0.1) is 0 Å². The van der Waals surface area contributed by atoms with E-state index in [4.69, 9.17) is 14.6 Å². The van der Waals surface area contributed by atoms with Crippen molar-refractivity contribution >= 4 is 17.0 Å². The maximum atomic E-state index is 12.0. The van der Waals surface area contributed by atoms with Crippen LogP contribution in [0.5, 0.6) is 5.88 Å². The first-order valence-electron chi connectivity index (χ1n) is 11.2. The Hall–Kier alpha value is -4.53. The summed E-state index contributed by atoms with van der Waals surface area (Å²) in [5.74, 6) is 0.202. The molecule has 0 radical (unpaired) electrons. The lowest BCUT2D eigenvalue weighted by molar-refractivity contribution is 0.0526. The number of hydrogen-bond acceptors (Lipinski definition) is 7. The molecule has 0 saturated heterocycles. The van der Waals surface area contributed by atoms with Crippen molar-refractivity contribution in [3.05, 3.63) is 83.8 Å². The smallest absolute Gasteiger partial charge is 0.341 e. The molecule has 9 heteroatoms. The van der Waals surface area contributed by atoms with Crippen LogP contribution < -0.4 is 4.74 Å². The summed E-state index contributed by atoms with van der Waals surface area (Å²) in [6.45, 7) is 4.46. The lowest BCUT2D eigenvalue weighted by Crippen LogP contribution is -2.07. The van der Waals surface area contributed by atoms with Crippen molar-refractivity contribution in [2.45, 2.75) is 20.4 Å². The molecule has 5 rings (SSSR count). The summed E-state index contributed by atoms with van der Waals surface area (Å²) in [5.41, 5.74) is 5.82. The zero-order valence-corrected chi connectivity index (χ0v) is 19.7. The zero-order chi connectivity index (χ0) is 24.4. The number of aryl methyl sites for hydroxylation is 1. The monoisotopic (exact) mass is 468 g/mol. The SMILES string of the molecule is CCOC(=O)c1cnn(-c2nc(OC)c3c(n2)c(C)nn3Cc2ccc(-c3ccccc3)cc2)c1. The first-order valence-corrected chi connectivity index (χ1v) is 11.2. The van der Waals surface area contributed by atoms with Crippen LogP contribution in [0.4, 0.5) is 0 Å². The topological polar surface area (TPSA) is 96.9 Å². The van der Waals surface area contributed by atoms with Gasteiger partial charge in [-0.3, -0.25) is 4.68 Å². The zero-order valence-electron chi connectivity index (χ0n) is 19.7. The number of fused-ring (bicyclic) bond motifs is 1. The molecule has 176 valence electrons. The van der Waals surface area contributed by atoms with E-state index in [2.05, 4.69) is 51.5 Å². The molecule has 9 nitrogen and oxygen atoms in total. The van der Waals surface area contributed by atoms with Crippen molar-refractivity contribution in [1.29, 1.82) is 0 Å². The summed E-state index contributed by atoms with van der Waals surface area (Å²) in [5, 5.41) is 8.91. The molecule has 0 aliphatic rings. The van der Waals surface area contributed by atoms with E-state index in [1.165, 1.54) is 22.6 Å². The Labute approximate surface area is 202 Å². The summed E-state index contributed by atoms with van der Waals surface area (Å²) in [7, 11) is 1.56. The number of carbonyl (C=O) groups is 1.